The molecule has 3 atom stereocenters. The van der Waals surface area contributed by atoms with E-state index in [0.29, 0.717) is 30.4 Å². The first kappa shape index (κ1) is 26.7. The van der Waals surface area contributed by atoms with Gasteiger partial charge in [-0.3, -0.25) is 19.4 Å². The van der Waals surface area contributed by atoms with Crippen molar-refractivity contribution in [1.29, 1.82) is 0 Å². The number of amides is 2. The van der Waals surface area contributed by atoms with Crippen molar-refractivity contribution >= 4 is 28.5 Å². The molecule has 5 heterocycles. The first-order valence-corrected chi connectivity index (χ1v) is 14.4. The second kappa shape index (κ2) is 10.5. The second-order valence-corrected chi connectivity index (χ2v) is 12.7. The molecule has 40 heavy (non-hydrogen) atoms. The van der Waals surface area contributed by atoms with Gasteiger partial charge in [0.05, 0.1) is 23.7 Å². The number of carbonyl (C=O) groups is 3. The van der Waals surface area contributed by atoms with E-state index < -0.39 is 5.92 Å². The van der Waals surface area contributed by atoms with Crippen LogP contribution < -0.4 is 0 Å². The predicted octanol–water partition coefficient (Wildman–Crippen LogP) is 4.82. The Morgan fingerprint density at radius 3 is 2.40 bits per heavy atom. The molecule has 8 heteroatoms. The number of Topliss-reactive ketones (excluding diaryl/α,β-unsaturated/α-hetero) is 1. The summed E-state index contributed by atoms with van der Waals surface area (Å²) in [6, 6.07) is 13.5. The summed E-state index contributed by atoms with van der Waals surface area (Å²) >= 11 is 0. The molecular weight excluding hydrogens is 504 g/mol. The minimum atomic E-state index is -0.450. The number of para-hydroxylation sites is 1. The zero-order valence-electron chi connectivity index (χ0n) is 23.6. The summed E-state index contributed by atoms with van der Waals surface area (Å²) in [5.74, 6) is -0.128. The number of pyridine rings is 1. The number of hydrogen-bond donors (Lipinski definition) is 1. The highest BCUT2D eigenvalue weighted by Crippen LogP contribution is 2.38. The van der Waals surface area contributed by atoms with Crippen molar-refractivity contribution < 1.29 is 19.1 Å². The average Bonchev–Trinajstić information content (AvgIpc) is 3.69. The van der Waals surface area contributed by atoms with Gasteiger partial charge in [0.15, 0.2) is 5.78 Å². The van der Waals surface area contributed by atoms with E-state index in [-0.39, 0.29) is 41.5 Å². The number of fused-ring (bicyclic) bond motifs is 3. The van der Waals surface area contributed by atoms with Gasteiger partial charge in [-0.05, 0) is 54.4 Å². The van der Waals surface area contributed by atoms with Gasteiger partial charge in [-0.2, -0.15) is 0 Å². The molecule has 6 rings (SSSR count). The number of aromatic nitrogens is 2. The van der Waals surface area contributed by atoms with Crippen LogP contribution in [0, 0.1) is 11.3 Å². The fourth-order valence-electron chi connectivity index (χ4n) is 6.62. The highest BCUT2D eigenvalue weighted by atomic mass is 16.5. The minimum Gasteiger partial charge on any atom is -0.381 e. The first-order valence-electron chi connectivity index (χ1n) is 14.4. The number of likely N-dealkylation sites (tertiary alicyclic amines) is 2. The molecule has 210 valence electrons. The molecule has 3 aliphatic rings. The summed E-state index contributed by atoms with van der Waals surface area (Å²) in [4.78, 5) is 52.1. The molecule has 3 aliphatic heterocycles. The van der Waals surface area contributed by atoms with Gasteiger partial charge in [0.2, 0.25) is 5.91 Å². The van der Waals surface area contributed by atoms with Crippen LogP contribution in [0.4, 0.5) is 0 Å². The minimum absolute atomic E-state index is 0.00972. The number of hydrogen-bond acceptors (Lipinski definition) is 5. The quantitative estimate of drug-likeness (QED) is 0.451. The summed E-state index contributed by atoms with van der Waals surface area (Å²) in [6.07, 6.45) is 4.72. The summed E-state index contributed by atoms with van der Waals surface area (Å²) < 4.78 is 5.46. The number of H-pyrrole nitrogens is 1. The van der Waals surface area contributed by atoms with E-state index in [9.17, 15) is 14.4 Å². The molecule has 0 radical (unpaired) electrons. The van der Waals surface area contributed by atoms with E-state index in [1.165, 1.54) is 0 Å². The third kappa shape index (κ3) is 5.05. The number of benzene rings is 1. The van der Waals surface area contributed by atoms with Crippen LogP contribution in [-0.4, -0.2) is 75.8 Å². The van der Waals surface area contributed by atoms with Gasteiger partial charge in [-0.15, -0.1) is 0 Å². The van der Waals surface area contributed by atoms with E-state index in [0.717, 1.165) is 48.9 Å². The summed E-state index contributed by atoms with van der Waals surface area (Å²) in [7, 11) is 0. The van der Waals surface area contributed by atoms with E-state index in [4.69, 9.17) is 4.74 Å². The van der Waals surface area contributed by atoms with Gasteiger partial charge in [-0.1, -0.05) is 45.0 Å². The molecule has 2 bridgehead atoms. The molecule has 0 unspecified atom stereocenters. The molecule has 1 N–H and O–H groups in total. The Bertz CT molecular complexity index is 1380. The zero-order chi connectivity index (χ0) is 28.0. The third-order valence-electron chi connectivity index (χ3n) is 9.05. The van der Waals surface area contributed by atoms with Gasteiger partial charge >= 0.3 is 0 Å². The van der Waals surface area contributed by atoms with Crippen molar-refractivity contribution in [2.24, 2.45) is 11.3 Å². The molecule has 2 aromatic heterocycles. The Kier molecular flexibility index (Phi) is 6.98. The molecule has 1 aromatic carbocycles. The Morgan fingerprint density at radius 1 is 1.02 bits per heavy atom. The number of ether oxygens (including phenoxy) is 1. The van der Waals surface area contributed by atoms with Crippen LogP contribution >= 0.6 is 0 Å². The molecule has 8 nitrogen and oxygen atoms in total. The monoisotopic (exact) mass is 542 g/mol. The molecule has 2 amide bonds. The molecule has 3 fully saturated rings. The van der Waals surface area contributed by atoms with E-state index in [2.05, 4.69) is 9.97 Å². The topological polar surface area (TPSA) is 95.6 Å². The highest BCUT2D eigenvalue weighted by Gasteiger charge is 2.50. The lowest BCUT2D eigenvalue weighted by molar-refractivity contribution is -0.141. The molecule has 0 aliphatic carbocycles. The van der Waals surface area contributed by atoms with Crippen LogP contribution in [0.2, 0.25) is 0 Å². The molecule has 3 saturated heterocycles. The van der Waals surface area contributed by atoms with Crippen molar-refractivity contribution in [2.45, 2.75) is 64.5 Å². The van der Waals surface area contributed by atoms with Crippen molar-refractivity contribution in [2.75, 3.05) is 26.3 Å². The Hall–Kier alpha value is -3.52. The number of rotatable bonds is 6. The van der Waals surface area contributed by atoms with E-state index in [1.54, 1.807) is 0 Å². The second-order valence-electron chi connectivity index (χ2n) is 12.7. The molecular formula is C32H38N4O4. The third-order valence-corrected chi connectivity index (χ3v) is 9.05. The first-order chi connectivity index (χ1) is 19.2. The molecule has 0 spiro atoms. The van der Waals surface area contributed by atoms with Crippen LogP contribution in [0.3, 0.4) is 0 Å². The van der Waals surface area contributed by atoms with Crippen LogP contribution in [0.1, 0.15) is 78.9 Å². The van der Waals surface area contributed by atoms with Gasteiger partial charge in [0, 0.05) is 49.8 Å². The van der Waals surface area contributed by atoms with Crippen LogP contribution in [-0.2, 0) is 9.53 Å². The normalized spacial score (nSPS) is 22.2. The van der Waals surface area contributed by atoms with Crippen molar-refractivity contribution in [1.82, 2.24) is 19.8 Å². The summed E-state index contributed by atoms with van der Waals surface area (Å²) in [5, 5.41) is 0.985. The molecule has 3 aromatic rings. The number of piperazine rings is 1. The van der Waals surface area contributed by atoms with Crippen LogP contribution in [0.15, 0.2) is 48.7 Å². The van der Waals surface area contributed by atoms with Crippen LogP contribution in [0.25, 0.3) is 10.9 Å². The lowest BCUT2D eigenvalue weighted by Crippen LogP contribution is -2.53. The summed E-state index contributed by atoms with van der Waals surface area (Å²) in [6.45, 7) is 8.61. The highest BCUT2D eigenvalue weighted by molar-refractivity contribution is 6.01. The predicted molar refractivity (Wildman–Crippen MR) is 152 cm³/mol. The van der Waals surface area contributed by atoms with Gasteiger partial charge in [0.1, 0.15) is 5.69 Å². The smallest absolute Gasteiger partial charge is 0.272 e. The fourth-order valence-corrected chi connectivity index (χ4v) is 6.62. The lowest BCUT2D eigenvalue weighted by atomic mass is 9.76. The van der Waals surface area contributed by atoms with E-state index in [1.807, 2.05) is 79.2 Å². The maximum absolute atomic E-state index is 13.9. The number of aromatic amines is 1. The van der Waals surface area contributed by atoms with Gasteiger partial charge in [0.25, 0.3) is 5.91 Å². The van der Waals surface area contributed by atoms with E-state index >= 15 is 0 Å². The van der Waals surface area contributed by atoms with Gasteiger partial charge in [-0.25, -0.2) is 0 Å². The largest absolute Gasteiger partial charge is 0.381 e. The lowest BCUT2D eigenvalue weighted by Gasteiger charge is -2.39. The number of ketones is 1. The summed E-state index contributed by atoms with van der Waals surface area (Å²) in [5.41, 5.74) is 2.69. The molecule has 0 saturated carbocycles. The zero-order valence-corrected chi connectivity index (χ0v) is 23.6. The fraction of sp³-hybridized carbons (Fsp3) is 0.500. The average molecular weight is 543 g/mol. The Balaban J connectivity index is 1.11. The van der Waals surface area contributed by atoms with Gasteiger partial charge < -0.3 is 19.5 Å². The number of nitrogens with zero attached hydrogens (tertiary/aromatic N) is 3. The van der Waals surface area contributed by atoms with Crippen molar-refractivity contribution in [3.05, 3.63) is 65.6 Å². The Labute approximate surface area is 235 Å². The van der Waals surface area contributed by atoms with Crippen molar-refractivity contribution in [3.63, 3.8) is 0 Å². The Morgan fingerprint density at radius 2 is 1.75 bits per heavy atom. The maximum atomic E-state index is 13.9. The maximum Gasteiger partial charge on any atom is 0.272 e. The standard InChI is InChI=1S/C32H38N4O4/c1-32(2,3)25(16-29(37)28-14-21-6-4-5-7-26(21)34-28)30(38)35-18-24-15-23(35)19-36(24)31(39)27-9-8-22(17-33-27)20-10-12-40-13-11-20/h4-9,14,17,20,23-25,34H,10-13,15-16,18-19H2,1-3H3/t23-,24-,25+/m0/s1. The van der Waals surface area contributed by atoms with Crippen molar-refractivity contribution in [3.8, 4) is 0 Å². The SMILES string of the molecule is CC(C)(C)[C@H](CC(=O)c1cc2ccccc2[nH]1)C(=O)N1C[C@@H]2C[C@H]1CN2C(=O)c1ccc(C2CCOCC2)cn1. The number of carbonyl (C=O) groups excluding carboxylic acids is 3. The van der Waals surface area contributed by atoms with Crippen LogP contribution in [0.5, 0.6) is 0 Å². The number of nitrogens with one attached hydrogen (secondary N) is 1.